The number of hydrogen-bond donors (Lipinski definition) is 1. The molecule has 0 saturated heterocycles. The predicted octanol–water partition coefficient (Wildman–Crippen LogP) is 2.40. The third kappa shape index (κ3) is 3.33. The summed E-state index contributed by atoms with van der Waals surface area (Å²) in [5.74, 6) is 0. The zero-order valence-corrected chi connectivity index (χ0v) is 11.3. The molecule has 0 aliphatic heterocycles. The van der Waals surface area contributed by atoms with Crippen molar-refractivity contribution in [2.45, 2.75) is 64.1 Å². The Kier molecular flexibility index (Phi) is 4.03. The number of nitrogens with zero attached hydrogens (tertiary/aromatic N) is 3. The van der Waals surface area contributed by atoms with Gasteiger partial charge in [0.2, 0.25) is 0 Å². The number of aromatic nitrogens is 2. The number of rotatable bonds is 7. The molecule has 1 N–H and O–H groups in total. The van der Waals surface area contributed by atoms with Crippen LogP contribution in [0.25, 0.3) is 0 Å². The van der Waals surface area contributed by atoms with Gasteiger partial charge in [-0.25, -0.2) is 0 Å². The summed E-state index contributed by atoms with van der Waals surface area (Å²) >= 11 is 0. The minimum absolute atomic E-state index is 0.330. The van der Waals surface area contributed by atoms with E-state index in [-0.39, 0.29) is 5.54 Å². The molecular formula is C14H22N4. The molecule has 0 aromatic carbocycles. The maximum atomic E-state index is 9.42. The van der Waals surface area contributed by atoms with Gasteiger partial charge in [-0.3, -0.25) is 10.00 Å². The molecule has 1 heterocycles. The molecule has 4 nitrogen and oxygen atoms in total. The van der Waals surface area contributed by atoms with E-state index < -0.39 is 0 Å². The lowest BCUT2D eigenvalue weighted by Gasteiger charge is -2.26. The first-order valence-electron chi connectivity index (χ1n) is 6.85. The lowest BCUT2D eigenvalue weighted by atomic mass is 9.92. The molecular weight excluding hydrogens is 224 g/mol. The molecule has 1 aromatic heterocycles. The lowest BCUT2D eigenvalue weighted by Crippen LogP contribution is -2.44. The van der Waals surface area contributed by atoms with Crippen LogP contribution in [-0.2, 0) is 6.54 Å². The summed E-state index contributed by atoms with van der Waals surface area (Å²) in [5.41, 5.74) is 0.858. The number of nitrogens with one attached hydrogen (secondary N) is 1. The first-order chi connectivity index (χ1) is 8.67. The maximum Gasteiger partial charge on any atom is 0.106 e. The molecule has 1 aromatic rings. The minimum atomic E-state index is -0.330. The van der Waals surface area contributed by atoms with E-state index in [1.165, 1.54) is 18.4 Å². The molecule has 1 aliphatic rings. The zero-order chi connectivity index (χ0) is 13.0. The van der Waals surface area contributed by atoms with Crippen LogP contribution in [0.3, 0.4) is 0 Å². The molecule has 0 radical (unpaired) electrons. The van der Waals surface area contributed by atoms with Gasteiger partial charge < -0.3 is 0 Å². The molecule has 0 spiro atoms. The average molecular weight is 246 g/mol. The third-order valence-corrected chi connectivity index (χ3v) is 3.63. The van der Waals surface area contributed by atoms with Crippen molar-refractivity contribution in [2.75, 3.05) is 0 Å². The van der Waals surface area contributed by atoms with Crippen molar-refractivity contribution in [1.29, 1.82) is 5.26 Å². The van der Waals surface area contributed by atoms with Crippen LogP contribution in [0.4, 0.5) is 0 Å². The quantitative estimate of drug-likeness (QED) is 0.803. The molecule has 1 unspecified atom stereocenters. The van der Waals surface area contributed by atoms with Gasteiger partial charge in [0.15, 0.2) is 0 Å². The Bertz CT molecular complexity index is 427. The van der Waals surface area contributed by atoms with Gasteiger partial charge in [-0.15, -0.1) is 0 Å². The van der Waals surface area contributed by atoms with Gasteiger partial charge in [0.05, 0.1) is 12.3 Å². The van der Waals surface area contributed by atoms with Crippen LogP contribution in [0.2, 0.25) is 0 Å². The Morgan fingerprint density at radius 1 is 1.61 bits per heavy atom. The van der Waals surface area contributed by atoms with Gasteiger partial charge >= 0.3 is 0 Å². The molecule has 1 saturated carbocycles. The van der Waals surface area contributed by atoms with Gasteiger partial charge in [-0.05, 0) is 44.6 Å². The molecule has 0 bridgehead atoms. The van der Waals surface area contributed by atoms with Crippen LogP contribution in [0.5, 0.6) is 0 Å². The summed E-state index contributed by atoms with van der Waals surface area (Å²) in [7, 11) is 0. The Hall–Kier alpha value is -1.34. The standard InChI is InChI=1S/C14H22N4/c1-3-14(11-15,17-13-5-6-13)7-4-8-18-10-12(2)9-16-18/h9-10,13,17H,3-8H2,1-2H3. The second-order valence-corrected chi connectivity index (χ2v) is 5.35. The first-order valence-corrected chi connectivity index (χ1v) is 6.85. The topological polar surface area (TPSA) is 53.6 Å². The van der Waals surface area contributed by atoms with Crippen molar-refractivity contribution in [2.24, 2.45) is 0 Å². The summed E-state index contributed by atoms with van der Waals surface area (Å²) in [6.07, 6.45) is 9.13. The summed E-state index contributed by atoms with van der Waals surface area (Å²) < 4.78 is 1.96. The van der Waals surface area contributed by atoms with Crippen LogP contribution in [0.15, 0.2) is 12.4 Å². The van der Waals surface area contributed by atoms with Gasteiger partial charge in [-0.1, -0.05) is 6.92 Å². The van der Waals surface area contributed by atoms with E-state index in [1.54, 1.807) is 0 Å². The summed E-state index contributed by atoms with van der Waals surface area (Å²) in [4.78, 5) is 0. The van der Waals surface area contributed by atoms with E-state index in [2.05, 4.69) is 23.4 Å². The van der Waals surface area contributed by atoms with Gasteiger partial charge in [0, 0.05) is 18.8 Å². The van der Waals surface area contributed by atoms with Crippen LogP contribution in [-0.4, -0.2) is 21.4 Å². The monoisotopic (exact) mass is 246 g/mol. The molecule has 4 heteroatoms. The van der Waals surface area contributed by atoms with Crippen LogP contribution in [0, 0.1) is 18.3 Å². The van der Waals surface area contributed by atoms with Crippen molar-refractivity contribution in [3.63, 3.8) is 0 Å². The highest BCUT2D eigenvalue weighted by Gasteiger charge is 2.34. The first kappa shape index (κ1) is 13.1. The van der Waals surface area contributed by atoms with Crippen molar-refractivity contribution in [3.05, 3.63) is 18.0 Å². The van der Waals surface area contributed by atoms with Crippen molar-refractivity contribution in [1.82, 2.24) is 15.1 Å². The highest BCUT2D eigenvalue weighted by atomic mass is 15.3. The van der Waals surface area contributed by atoms with E-state index in [9.17, 15) is 5.26 Å². The Balaban J connectivity index is 1.83. The second-order valence-electron chi connectivity index (χ2n) is 5.35. The summed E-state index contributed by atoms with van der Waals surface area (Å²) in [6, 6.07) is 3.07. The smallest absolute Gasteiger partial charge is 0.106 e. The molecule has 98 valence electrons. The minimum Gasteiger partial charge on any atom is -0.297 e. The highest BCUT2D eigenvalue weighted by Crippen LogP contribution is 2.26. The van der Waals surface area contributed by atoms with E-state index >= 15 is 0 Å². The highest BCUT2D eigenvalue weighted by molar-refractivity contribution is 5.09. The van der Waals surface area contributed by atoms with Crippen LogP contribution < -0.4 is 5.32 Å². The van der Waals surface area contributed by atoms with E-state index in [0.717, 1.165) is 25.8 Å². The molecule has 1 aliphatic carbocycles. The molecule has 1 atom stereocenters. The Morgan fingerprint density at radius 2 is 2.39 bits per heavy atom. The van der Waals surface area contributed by atoms with E-state index in [0.29, 0.717) is 6.04 Å². The van der Waals surface area contributed by atoms with E-state index in [4.69, 9.17) is 0 Å². The maximum absolute atomic E-state index is 9.42. The van der Waals surface area contributed by atoms with Crippen molar-refractivity contribution >= 4 is 0 Å². The predicted molar refractivity (Wildman–Crippen MR) is 71.0 cm³/mol. The van der Waals surface area contributed by atoms with Gasteiger partial charge in [-0.2, -0.15) is 10.4 Å². The fourth-order valence-electron chi connectivity index (χ4n) is 2.27. The Morgan fingerprint density at radius 3 is 2.89 bits per heavy atom. The normalized spacial score (nSPS) is 18.3. The fourth-order valence-corrected chi connectivity index (χ4v) is 2.27. The molecule has 2 rings (SSSR count). The number of aryl methyl sites for hydroxylation is 2. The SMILES string of the molecule is CCC(C#N)(CCCn1cc(C)cn1)NC1CC1. The number of nitriles is 1. The van der Waals surface area contributed by atoms with Gasteiger partial charge in [0.25, 0.3) is 0 Å². The summed E-state index contributed by atoms with van der Waals surface area (Å²) in [6.45, 7) is 5.03. The largest absolute Gasteiger partial charge is 0.297 e. The van der Waals surface area contributed by atoms with Crippen LogP contribution in [0.1, 0.15) is 44.6 Å². The fraction of sp³-hybridized carbons (Fsp3) is 0.714. The van der Waals surface area contributed by atoms with E-state index in [1.807, 2.05) is 24.0 Å². The van der Waals surface area contributed by atoms with Crippen molar-refractivity contribution in [3.8, 4) is 6.07 Å². The average Bonchev–Trinajstić information content (AvgIpc) is 3.09. The summed E-state index contributed by atoms with van der Waals surface area (Å²) in [5, 5.41) is 17.2. The zero-order valence-electron chi connectivity index (χ0n) is 11.3. The van der Waals surface area contributed by atoms with Crippen LogP contribution >= 0.6 is 0 Å². The molecule has 18 heavy (non-hydrogen) atoms. The Labute approximate surface area is 109 Å². The lowest BCUT2D eigenvalue weighted by molar-refractivity contribution is 0.348. The van der Waals surface area contributed by atoms with Gasteiger partial charge in [0.1, 0.15) is 5.54 Å². The number of hydrogen-bond acceptors (Lipinski definition) is 3. The second kappa shape index (κ2) is 5.53. The third-order valence-electron chi connectivity index (χ3n) is 3.63. The van der Waals surface area contributed by atoms with Crippen molar-refractivity contribution < 1.29 is 0 Å². The molecule has 1 fully saturated rings. The molecule has 0 amide bonds.